The van der Waals surface area contributed by atoms with Gasteiger partial charge in [-0.1, -0.05) is 6.07 Å². The zero-order chi connectivity index (χ0) is 22.0. The van der Waals surface area contributed by atoms with Gasteiger partial charge in [-0.3, -0.25) is 0 Å². The predicted octanol–water partition coefficient (Wildman–Crippen LogP) is 3.10. The highest BCUT2D eigenvalue weighted by Crippen LogP contribution is 2.45. The molecule has 0 amide bonds. The number of nitrogens with zero attached hydrogens (tertiary/aromatic N) is 1. The molecule has 4 rings (SSSR count). The van der Waals surface area contributed by atoms with Gasteiger partial charge in [0.25, 0.3) is 0 Å². The summed E-state index contributed by atoms with van der Waals surface area (Å²) in [5.74, 6) is 2.68. The summed E-state index contributed by atoms with van der Waals surface area (Å²) in [6.45, 7) is 2.10. The van der Waals surface area contributed by atoms with E-state index in [-0.39, 0.29) is 5.60 Å². The first-order valence-electron chi connectivity index (χ1n) is 10.6. The van der Waals surface area contributed by atoms with E-state index in [4.69, 9.17) is 18.9 Å². The van der Waals surface area contributed by atoms with Crippen LogP contribution in [0.4, 0.5) is 0 Å². The van der Waals surface area contributed by atoms with Gasteiger partial charge in [0.1, 0.15) is 17.1 Å². The van der Waals surface area contributed by atoms with Crippen molar-refractivity contribution < 1.29 is 29.2 Å². The quantitative estimate of drug-likeness (QED) is 0.730. The highest BCUT2D eigenvalue weighted by Gasteiger charge is 2.43. The lowest BCUT2D eigenvalue weighted by Gasteiger charge is -2.46. The minimum atomic E-state index is -0.628. The Labute approximate surface area is 183 Å². The molecule has 1 spiro atoms. The van der Waals surface area contributed by atoms with Crippen LogP contribution in [0.1, 0.15) is 42.6 Å². The minimum absolute atomic E-state index is 0.385. The van der Waals surface area contributed by atoms with E-state index >= 15 is 0 Å². The number of likely N-dealkylation sites (tertiary alicyclic amines) is 1. The molecule has 0 radical (unpaired) electrons. The van der Waals surface area contributed by atoms with Crippen molar-refractivity contribution in [2.45, 2.75) is 37.1 Å². The van der Waals surface area contributed by atoms with E-state index in [9.17, 15) is 10.2 Å². The Balaban J connectivity index is 1.39. The second kappa shape index (κ2) is 8.94. The van der Waals surface area contributed by atoms with Crippen molar-refractivity contribution in [3.8, 4) is 23.0 Å². The molecule has 2 aromatic rings. The summed E-state index contributed by atoms with van der Waals surface area (Å²) >= 11 is 0. The van der Waals surface area contributed by atoms with Crippen LogP contribution in [0.2, 0.25) is 0 Å². The van der Waals surface area contributed by atoms with Gasteiger partial charge in [0.15, 0.2) is 11.5 Å². The fourth-order valence-electron chi connectivity index (χ4n) is 4.60. The van der Waals surface area contributed by atoms with E-state index < -0.39 is 12.2 Å². The molecule has 7 nitrogen and oxygen atoms in total. The number of aliphatic hydroxyl groups is 2. The highest BCUT2D eigenvalue weighted by atomic mass is 16.5. The second-order valence-electron chi connectivity index (χ2n) is 8.34. The summed E-state index contributed by atoms with van der Waals surface area (Å²) in [4.78, 5) is 2.24. The maximum absolute atomic E-state index is 10.8. The molecule has 1 saturated heterocycles. The van der Waals surface area contributed by atoms with Gasteiger partial charge in [0.2, 0.25) is 0 Å². The molecule has 2 heterocycles. The van der Waals surface area contributed by atoms with Gasteiger partial charge in [0.05, 0.1) is 33.5 Å². The molecular weight excluding hydrogens is 398 g/mol. The molecule has 2 aromatic carbocycles. The molecule has 0 saturated carbocycles. The lowest BCUT2D eigenvalue weighted by molar-refractivity contribution is -0.0588. The van der Waals surface area contributed by atoms with Crippen molar-refractivity contribution >= 4 is 0 Å². The number of rotatable bonds is 6. The lowest BCUT2D eigenvalue weighted by Crippen LogP contribution is -2.51. The topological polar surface area (TPSA) is 80.6 Å². The smallest absolute Gasteiger partial charge is 0.161 e. The summed E-state index contributed by atoms with van der Waals surface area (Å²) in [7, 11) is 4.81. The number of fused-ring (bicyclic) bond motifs is 1. The van der Waals surface area contributed by atoms with Crippen LogP contribution in [0.15, 0.2) is 36.4 Å². The molecule has 0 aliphatic carbocycles. The molecule has 0 bridgehead atoms. The monoisotopic (exact) mass is 429 g/mol. The number of hydrogen-bond donors (Lipinski definition) is 2. The van der Waals surface area contributed by atoms with Gasteiger partial charge in [-0.25, -0.2) is 0 Å². The normalized spacial score (nSPS) is 21.1. The first-order chi connectivity index (χ1) is 15.0. The molecular formula is C24H31NO6. The molecule has 2 aliphatic heterocycles. The summed E-state index contributed by atoms with van der Waals surface area (Å²) in [5.41, 5.74) is 1.23. The molecule has 2 aliphatic rings. The summed E-state index contributed by atoms with van der Waals surface area (Å²) < 4.78 is 22.3. The Morgan fingerprint density at radius 1 is 1.03 bits per heavy atom. The predicted molar refractivity (Wildman–Crippen MR) is 116 cm³/mol. The third kappa shape index (κ3) is 4.44. The van der Waals surface area contributed by atoms with Crippen LogP contribution in [-0.2, 0) is 0 Å². The minimum Gasteiger partial charge on any atom is -0.497 e. The first-order valence-corrected chi connectivity index (χ1v) is 10.6. The number of methoxy groups -OCH3 is 3. The van der Waals surface area contributed by atoms with E-state index in [1.807, 2.05) is 36.4 Å². The zero-order valence-electron chi connectivity index (χ0n) is 18.3. The molecule has 168 valence electrons. The zero-order valence-corrected chi connectivity index (χ0v) is 18.3. The maximum atomic E-state index is 10.8. The number of hydrogen-bond acceptors (Lipinski definition) is 7. The van der Waals surface area contributed by atoms with Crippen molar-refractivity contribution in [1.82, 2.24) is 4.90 Å². The fourth-order valence-corrected chi connectivity index (χ4v) is 4.60. The van der Waals surface area contributed by atoms with E-state index in [2.05, 4.69) is 4.90 Å². The third-order valence-electron chi connectivity index (χ3n) is 6.46. The van der Waals surface area contributed by atoms with Crippen molar-refractivity contribution in [3.05, 3.63) is 47.5 Å². The van der Waals surface area contributed by atoms with Gasteiger partial charge >= 0.3 is 0 Å². The summed E-state index contributed by atoms with van der Waals surface area (Å²) in [6.07, 6.45) is 0.993. The van der Waals surface area contributed by atoms with E-state index in [0.717, 1.165) is 42.8 Å². The largest absolute Gasteiger partial charge is 0.497 e. The van der Waals surface area contributed by atoms with Crippen LogP contribution in [0.25, 0.3) is 0 Å². The molecule has 2 N–H and O–H groups in total. The van der Waals surface area contributed by atoms with Gasteiger partial charge in [-0.2, -0.15) is 0 Å². The Morgan fingerprint density at radius 3 is 2.45 bits per heavy atom. The number of β-amino-alcohol motifs (C(OH)–C–C–N with tert-alkyl or cyclic N) is 1. The highest BCUT2D eigenvalue weighted by molar-refractivity contribution is 5.44. The number of benzene rings is 2. The van der Waals surface area contributed by atoms with Crippen molar-refractivity contribution in [3.63, 3.8) is 0 Å². The van der Waals surface area contributed by atoms with Crippen molar-refractivity contribution in [2.75, 3.05) is 41.0 Å². The molecule has 7 heteroatoms. The van der Waals surface area contributed by atoms with Crippen molar-refractivity contribution in [2.24, 2.45) is 0 Å². The molecule has 31 heavy (non-hydrogen) atoms. The molecule has 1 fully saturated rings. The number of piperidine rings is 1. The first kappa shape index (κ1) is 21.7. The fraction of sp³-hybridized carbons (Fsp3) is 0.500. The Kier molecular flexibility index (Phi) is 6.27. The number of aliphatic hydroxyl groups excluding tert-OH is 2. The Hall–Kier alpha value is -2.48. The Bertz CT molecular complexity index is 909. The van der Waals surface area contributed by atoms with Crippen LogP contribution in [0.5, 0.6) is 23.0 Å². The third-order valence-corrected chi connectivity index (χ3v) is 6.46. The van der Waals surface area contributed by atoms with Crippen LogP contribution in [-0.4, -0.2) is 61.7 Å². The van der Waals surface area contributed by atoms with Gasteiger partial charge in [-0.05, 0) is 42.7 Å². The van der Waals surface area contributed by atoms with Gasteiger partial charge in [-0.15, -0.1) is 0 Å². The van der Waals surface area contributed by atoms with Gasteiger partial charge < -0.3 is 34.1 Å². The number of ether oxygens (including phenoxy) is 4. The summed E-state index contributed by atoms with van der Waals surface area (Å²) in [5, 5.41) is 21.5. The average molecular weight is 430 g/mol. The van der Waals surface area contributed by atoms with E-state index in [1.54, 1.807) is 21.3 Å². The molecule has 2 atom stereocenters. The van der Waals surface area contributed by atoms with Gasteiger partial charge in [0, 0.05) is 37.7 Å². The SMILES string of the molecule is COc1ccc2c(c1)OC1(CCN(C[C@H](O)c3ccc(OC)c(OC)c3)CC1)C[C@H]2O. The van der Waals surface area contributed by atoms with Crippen LogP contribution < -0.4 is 18.9 Å². The lowest BCUT2D eigenvalue weighted by atomic mass is 9.81. The molecule has 0 aromatic heterocycles. The molecule has 0 unspecified atom stereocenters. The van der Waals surface area contributed by atoms with Crippen LogP contribution in [0, 0.1) is 0 Å². The standard InChI is InChI=1S/C24H31NO6/c1-28-17-5-6-18-19(26)14-24(31-22(18)13-17)8-10-25(11-9-24)15-20(27)16-4-7-21(29-2)23(12-16)30-3/h4-7,12-13,19-20,26-27H,8-11,14-15H2,1-3H3/t19-,20+/m1/s1. The Morgan fingerprint density at radius 2 is 1.77 bits per heavy atom. The van der Waals surface area contributed by atoms with Crippen molar-refractivity contribution in [1.29, 1.82) is 0 Å². The maximum Gasteiger partial charge on any atom is 0.161 e. The summed E-state index contributed by atoms with van der Waals surface area (Å²) in [6, 6.07) is 11.1. The average Bonchev–Trinajstić information content (AvgIpc) is 2.79. The van der Waals surface area contributed by atoms with E-state index in [1.165, 1.54) is 0 Å². The second-order valence-corrected chi connectivity index (χ2v) is 8.34. The van der Waals surface area contributed by atoms with E-state index in [0.29, 0.717) is 30.2 Å². The van der Waals surface area contributed by atoms with Crippen LogP contribution in [0.3, 0.4) is 0 Å². The van der Waals surface area contributed by atoms with Crippen LogP contribution >= 0.6 is 0 Å².